The van der Waals surface area contributed by atoms with Crippen molar-refractivity contribution < 1.29 is 9.59 Å². The van der Waals surface area contributed by atoms with E-state index in [0.717, 1.165) is 25.9 Å². The molecule has 2 N–H and O–H groups in total. The molecule has 7 nitrogen and oxygen atoms in total. The molecule has 21 heavy (non-hydrogen) atoms. The average Bonchev–Trinajstić information content (AvgIpc) is 3.07. The van der Waals surface area contributed by atoms with E-state index in [2.05, 4.69) is 5.10 Å². The maximum absolute atomic E-state index is 12.5. The van der Waals surface area contributed by atoms with Crippen LogP contribution in [0.3, 0.4) is 0 Å². The summed E-state index contributed by atoms with van der Waals surface area (Å²) in [5.74, 6) is -0.274. The Morgan fingerprint density at radius 1 is 1.33 bits per heavy atom. The number of likely N-dealkylation sites (N-methyl/N-ethyl adjacent to an activating group) is 1. The van der Waals surface area contributed by atoms with Gasteiger partial charge >= 0.3 is 0 Å². The van der Waals surface area contributed by atoms with E-state index in [-0.39, 0.29) is 18.4 Å². The molecular weight excluding hydrogens is 270 g/mol. The molecule has 2 amide bonds. The third-order valence-electron chi connectivity index (χ3n) is 3.85. The lowest BCUT2D eigenvalue weighted by Gasteiger charge is -2.21. The lowest BCUT2D eigenvalue weighted by molar-refractivity contribution is -0.130. The van der Waals surface area contributed by atoms with Crippen molar-refractivity contribution in [1.29, 1.82) is 0 Å². The monoisotopic (exact) mass is 293 g/mol. The van der Waals surface area contributed by atoms with Crippen LogP contribution < -0.4 is 5.73 Å². The number of rotatable bonds is 4. The van der Waals surface area contributed by atoms with Crippen LogP contribution in [0, 0.1) is 6.92 Å². The third-order valence-corrected chi connectivity index (χ3v) is 3.85. The molecule has 0 bridgehead atoms. The summed E-state index contributed by atoms with van der Waals surface area (Å²) in [5, 5.41) is 4.24. The summed E-state index contributed by atoms with van der Waals surface area (Å²) in [6.07, 6.45) is 2.08. The number of nitrogens with two attached hydrogens (primary N) is 1. The Hall–Kier alpha value is -2.05. The average molecular weight is 293 g/mol. The molecule has 0 aliphatic carbocycles. The molecule has 2 heterocycles. The van der Waals surface area contributed by atoms with Crippen molar-refractivity contribution in [3.8, 4) is 0 Å². The van der Waals surface area contributed by atoms with Crippen molar-refractivity contribution in [2.75, 3.05) is 32.4 Å². The Bertz CT molecular complexity index is 546. The maximum Gasteiger partial charge on any atom is 0.274 e. The van der Waals surface area contributed by atoms with E-state index in [4.69, 9.17) is 5.73 Å². The van der Waals surface area contributed by atoms with Crippen LogP contribution in [0.15, 0.2) is 0 Å². The number of hydrogen-bond donors (Lipinski definition) is 1. The molecule has 1 aliphatic heterocycles. The number of aryl methyl sites for hydroxylation is 2. The van der Waals surface area contributed by atoms with E-state index in [1.807, 2.05) is 6.92 Å². The first-order valence-electron chi connectivity index (χ1n) is 7.31. The Labute approximate surface area is 124 Å². The topological polar surface area (TPSA) is 84.5 Å². The number of nitrogens with zero attached hydrogens (tertiary/aromatic N) is 4. The van der Waals surface area contributed by atoms with Crippen LogP contribution in [0.2, 0.25) is 0 Å². The molecule has 2 rings (SSSR count). The maximum atomic E-state index is 12.5. The Kier molecular flexibility index (Phi) is 4.50. The SMILES string of the molecule is CCn1nc(C)c(N)c1C(=O)N(C)CC(=O)N1CCCC1. The predicted octanol–water partition coefficient (Wildman–Crippen LogP) is 0.488. The molecule has 0 radical (unpaired) electrons. The number of amides is 2. The molecule has 116 valence electrons. The van der Waals surface area contributed by atoms with Crippen LogP contribution in [0.4, 0.5) is 5.69 Å². The molecule has 0 spiro atoms. The molecule has 1 fully saturated rings. The van der Waals surface area contributed by atoms with Crippen LogP contribution in [0.25, 0.3) is 0 Å². The Morgan fingerprint density at radius 3 is 2.52 bits per heavy atom. The summed E-state index contributed by atoms with van der Waals surface area (Å²) < 4.78 is 1.59. The van der Waals surface area contributed by atoms with Crippen LogP contribution in [-0.2, 0) is 11.3 Å². The second kappa shape index (κ2) is 6.15. The second-order valence-electron chi connectivity index (χ2n) is 5.41. The summed E-state index contributed by atoms with van der Waals surface area (Å²) >= 11 is 0. The van der Waals surface area contributed by atoms with Crippen LogP contribution in [0.1, 0.15) is 35.9 Å². The molecular formula is C14H23N5O2. The molecule has 1 saturated heterocycles. The highest BCUT2D eigenvalue weighted by atomic mass is 16.2. The van der Waals surface area contributed by atoms with E-state index in [0.29, 0.717) is 23.6 Å². The van der Waals surface area contributed by atoms with Crippen molar-refractivity contribution >= 4 is 17.5 Å². The highest BCUT2D eigenvalue weighted by Gasteiger charge is 2.25. The molecule has 0 aromatic carbocycles. The van der Waals surface area contributed by atoms with Crippen molar-refractivity contribution in [2.45, 2.75) is 33.2 Å². The van der Waals surface area contributed by atoms with Gasteiger partial charge in [0.25, 0.3) is 5.91 Å². The van der Waals surface area contributed by atoms with E-state index in [9.17, 15) is 9.59 Å². The number of anilines is 1. The van der Waals surface area contributed by atoms with Crippen molar-refractivity contribution in [3.05, 3.63) is 11.4 Å². The van der Waals surface area contributed by atoms with E-state index in [1.54, 1.807) is 23.6 Å². The lowest BCUT2D eigenvalue weighted by atomic mass is 10.2. The van der Waals surface area contributed by atoms with Gasteiger partial charge in [0.15, 0.2) is 0 Å². The largest absolute Gasteiger partial charge is 0.395 e. The van der Waals surface area contributed by atoms with Gasteiger partial charge in [-0.1, -0.05) is 0 Å². The minimum atomic E-state index is -0.262. The second-order valence-corrected chi connectivity index (χ2v) is 5.41. The number of hydrogen-bond acceptors (Lipinski definition) is 4. The number of carbonyl (C=O) groups excluding carboxylic acids is 2. The zero-order chi connectivity index (χ0) is 15.6. The van der Waals surface area contributed by atoms with Gasteiger partial charge in [0.05, 0.1) is 17.9 Å². The van der Waals surface area contributed by atoms with E-state index < -0.39 is 0 Å². The molecule has 0 atom stereocenters. The van der Waals surface area contributed by atoms with E-state index in [1.165, 1.54) is 4.90 Å². The van der Waals surface area contributed by atoms with Crippen LogP contribution in [-0.4, -0.2) is 58.1 Å². The van der Waals surface area contributed by atoms with Crippen LogP contribution >= 0.6 is 0 Å². The quantitative estimate of drug-likeness (QED) is 0.875. The summed E-state index contributed by atoms with van der Waals surface area (Å²) in [6.45, 7) is 5.88. The molecule has 1 aromatic heterocycles. The van der Waals surface area contributed by atoms with Gasteiger partial charge in [-0.15, -0.1) is 0 Å². The molecule has 1 aromatic rings. The number of carbonyl (C=O) groups is 2. The summed E-state index contributed by atoms with van der Waals surface area (Å²) in [4.78, 5) is 27.9. The molecule has 1 aliphatic rings. The summed E-state index contributed by atoms with van der Waals surface area (Å²) in [5.41, 5.74) is 7.34. The molecule has 7 heteroatoms. The summed E-state index contributed by atoms with van der Waals surface area (Å²) in [7, 11) is 1.62. The zero-order valence-corrected chi connectivity index (χ0v) is 12.9. The van der Waals surface area contributed by atoms with Gasteiger partial charge < -0.3 is 15.5 Å². The highest BCUT2D eigenvalue weighted by Crippen LogP contribution is 2.18. The predicted molar refractivity (Wildman–Crippen MR) is 79.8 cm³/mol. The number of likely N-dealkylation sites (tertiary alicyclic amines) is 1. The zero-order valence-electron chi connectivity index (χ0n) is 12.9. The summed E-state index contributed by atoms with van der Waals surface area (Å²) in [6, 6.07) is 0. The third kappa shape index (κ3) is 3.01. The first-order valence-corrected chi connectivity index (χ1v) is 7.31. The lowest BCUT2D eigenvalue weighted by Crippen LogP contribution is -2.40. The fourth-order valence-corrected chi connectivity index (χ4v) is 2.57. The van der Waals surface area contributed by atoms with Crippen molar-refractivity contribution in [3.63, 3.8) is 0 Å². The normalized spacial score (nSPS) is 14.5. The molecule has 0 unspecified atom stereocenters. The fourth-order valence-electron chi connectivity index (χ4n) is 2.57. The van der Waals surface area contributed by atoms with Gasteiger partial charge in [0, 0.05) is 26.7 Å². The standard InChI is InChI=1S/C14H23N5O2/c1-4-19-13(12(15)10(2)16-19)14(21)17(3)9-11(20)18-7-5-6-8-18/h4-9,15H2,1-3H3. The number of nitrogen functional groups attached to an aromatic ring is 1. The minimum absolute atomic E-state index is 0.0128. The van der Waals surface area contributed by atoms with Crippen LogP contribution in [0.5, 0.6) is 0 Å². The number of aromatic nitrogens is 2. The van der Waals surface area contributed by atoms with Gasteiger partial charge in [0.2, 0.25) is 5.91 Å². The van der Waals surface area contributed by atoms with Gasteiger partial charge in [-0.2, -0.15) is 5.10 Å². The first kappa shape index (κ1) is 15.3. The Balaban J connectivity index is 2.10. The highest BCUT2D eigenvalue weighted by molar-refractivity contribution is 5.99. The Morgan fingerprint density at radius 2 is 1.95 bits per heavy atom. The van der Waals surface area contributed by atoms with E-state index >= 15 is 0 Å². The van der Waals surface area contributed by atoms with Gasteiger partial charge in [-0.3, -0.25) is 14.3 Å². The van der Waals surface area contributed by atoms with Gasteiger partial charge in [-0.05, 0) is 26.7 Å². The fraction of sp³-hybridized carbons (Fsp3) is 0.643. The van der Waals surface area contributed by atoms with Crippen molar-refractivity contribution in [2.24, 2.45) is 0 Å². The van der Waals surface area contributed by atoms with Gasteiger partial charge in [-0.25, -0.2) is 0 Å². The van der Waals surface area contributed by atoms with Gasteiger partial charge in [0.1, 0.15) is 5.69 Å². The smallest absolute Gasteiger partial charge is 0.274 e. The molecule has 0 saturated carbocycles. The van der Waals surface area contributed by atoms with Crippen molar-refractivity contribution in [1.82, 2.24) is 19.6 Å². The minimum Gasteiger partial charge on any atom is -0.395 e. The first-order chi connectivity index (χ1) is 9.95.